The molecule has 0 aliphatic rings. The Bertz CT molecular complexity index is 572. The number of allylic oxidation sites excluding steroid dienone is 1. The lowest BCUT2D eigenvalue weighted by Gasteiger charge is -2.18. The number of ether oxygens (including phenoxy) is 1. The normalized spacial score (nSPS) is 11.8. The minimum atomic E-state index is -0.652. The van der Waals surface area contributed by atoms with Crippen molar-refractivity contribution in [3.63, 3.8) is 0 Å². The SMILES string of the molecule is C=C(CC)CCCC(NC(=O)c1ccnn1CCSC)C(=O)OCC. The molecular weight excluding hydrogens is 338 g/mol. The number of aromatic nitrogens is 2. The van der Waals surface area contributed by atoms with Gasteiger partial charge in [0.2, 0.25) is 0 Å². The molecule has 0 bridgehead atoms. The summed E-state index contributed by atoms with van der Waals surface area (Å²) in [7, 11) is 0. The average molecular weight is 368 g/mol. The first kappa shape index (κ1) is 21.3. The van der Waals surface area contributed by atoms with Gasteiger partial charge in [0.15, 0.2) is 0 Å². The number of hydrogen-bond donors (Lipinski definition) is 1. The second-order valence-electron chi connectivity index (χ2n) is 5.71. The zero-order chi connectivity index (χ0) is 18.7. The lowest BCUT2D eigenvalue weighted by atomic mass is 10.0. The molecule has 0 fully saturated rings. The van der Waals surface area contributed by atoms with Crippen LogP contribution in [0.1, 0.15) is 50.0 Å². The van der Waals surface area contributed by atoms with Gasteiger partial charge in [-0.05, 0) is 44.9 Å². The zero-order valence-electron chi connectivity index (χ0n) is 15.4. The minimum absolute atomic E-state index is 0.290. The number of amides is 1. The molecule has 1 amide bonds. The summed E-state index contributed by atoms with van der Waals surface area (Å²) in [6.45, 7) is 8.73. The van der Waals surface area contributed by atoms with Gasteiger partial charge in [0.05, 0.1) is 13.2 Å². The van der Waals surface area contributed by atoms with Crippen LogP contribution in [-0.2, 0) is 16.1 Å². The maximum Gasteiger partial charge on any atom is 0.328 e. The minimum Gasteiger partial charge on any atom is -0.464 e. The highest BCUT2D eigenvalue weighted by atomic mass is 32.2. The van der Waals surface area contributed by atoms with Gasteiger partial charge in [-0.2, -0.15) is 16.9 Å². The van der Waals surface area contributed by atoms with E-state index >= 15 is 0 Å². The number of rotatable bonds is 12. The van der Waals surface area contributed by atoms with Crippen LogP contribution in [0.5, 0.6) is 0 Å². The van der Waals surface area contributed by atoms with Gasteiger partial charge in [0.25, 0.3) is 5.91 Å². The molecule has 6 nitrogen and oxygen atoms in total. The third-order valence-electron chi connectivity index (χ3n) is 3.86. The number of esters is 1. The van der Waals surface area contributed by atoms with E-state index in [1.54, 1.807) is 35.6 Å². The van der Waals surface area contributed by atoms with E-state index in [0.717, 1.165) is 30.6 Å². The van der Waals surface area contributed by atoms with Crippen molar-refractivity contribution in [3.8, 4) is 0 Å². The van der Waals surface area contributed by atoms with E-state index in [4.69, 9.17) is 4.74 Å². The summed E-state index contributed by atoms with van der Waals surface area (Å²) in [6.07, 6.45) is 6.67. The van der Waals surface area contributed by atoms with Crippen LogP contribution in [0.15, 0.2) is 24.4 Å². The lowest BCUT2D eigenvalue weighted by molar-refractivity contribution is -0.145. The van der Waals surface area contributed by atoms with Gasteiger partial charge in [-0.25, -0.2) is 4.79 Å². The summed E-state index contributed by atoms with van der Waals surface area (Å²) in [6, 6.07) is 1.01. The lowest BCUT2D eigenvalue weighted by Crippen LogP contribution is -2.42. The van der Waals surface area contributed by atoms with Crippen LogP contribution in [0.4, 0.5) is 0 Å². The van der Waals surface area contributed by atoms with E-state index in [0.29, 0.717) is 25.3 Å². The third kappa shape index (κ3) is 7.34. The fraction of sp³-hybridized carbons (Fsp3) is 0.611. The number of aryl methyl sites for hydroxylation is 1. The van der Waals surface area contributed by atoms with Crippen LogP contribution in [0.2, 0.25) is 0 Å². The molecule has 0 saturated heterocycles. The Morgan fingerprint density at radius 2 is 2.20 bits per heavy atom. The zero-order valence-corrected chi connectivity index (χ0v) is 16.2. The summed E-state index contributed by atoms with van der Waals surface area (Å²) in [5.74, 6) is 0.168. The van der Waals surface area contributed by atoms with Gasteiger partial charge in [0.1, 0.15) is 11.7 Å². The van der Waals surface area contributed by atoms with Crippen molar-refractivity contribution in [1.82, 2.24) is 15.1 Å². The van der Waals surface area contributed by atoms with E-state index in [9.17, 15) is 9.59 Å². The first-order valence-corrected chi connectivity index (χ1v) is 10.1. The smallest absolute Gasteiger partial charge is 0.328 e. The Hall–Kier alpha value is -1.76. The Morgan fingerprint density at radius 1 is 1.44 bits per heavy atom. The largest absolute Gasteiger partial charge is 0.464 e. The highest BCUT2D eigenvalue weighted by Gasteiger charge is 2.23. The molecule has 25 heavy (non-hydrogen) atoms. The average Bonchev–Trinajstić information content (AvgIpc) is 3.07. The second kappa shape index (κ2) is 11.7. The van der Waals surface area contributed by atoms with Gasteiger partial charge in [-0.15, -0.1) is 0 Å². The summed E-state index contributed by atoms with van der Waals surface area (Å²) < 4.78 is 6.76. The van der Waals surface area contributed by atoms with Crippen LogP contribution in [0.25, 0.3) is 0 Å². The van der Waals surface area contributed by atoms with E-state index < -0.39 is 12.0 Å². The van der Waals surface area contributed by atoms with Crippen molar-refractivity contribution in [2.45, 2.75) is 52.1 Å². The topological polar surface area (TPSA) is 73.2 Å². The molecule has 1 unspecified atom stereocenters. The van der Waals surface area contributed by atoms with Crippen LogP contribution >= 0.6 is 11.8 Å². The van der Waals surface area contributed by atoms with Gasteiger partial charge in [-0.1, -0.05) is 19.1 Å². The molecule has 140 valence electrons. The first-order chi connectivity index (χ1) is 12.0. The molecule has 1 atom stereocenters. The second-order valence-corrected chi connectivity index (χ2v) is 6.69. The number of hydrogen-bond acceptors (Lipinski definition) is 5. The predicted molar refractivity (Wildman–Crippen MR) is 102 cm³/mol. The molecule has 1 N–H and O–H groups in total. The molecule has 0 saturated carbocycles. The van der Waals surface area contributed by atoms with E-state index in [1.807, 2.05) is 6.26 Å². The van der Waals surface area contributed by atoms with Crippen LogP contribution in [0, 0.1) is 0 Å². The fourth-order valence-electron chi connectivity index (χ4n) is 2.34. The van der Waals surface area contributed by atoms with Crippen molar-refractivity contribution < 1.29 is 14.3 Å². The Kier molecular flexibility index (Phi) is 9.99. The number of nitrogens with one attached hydrogen (secondary N) is 1. The molecule has 1 rings (SSSR count). The van der Waals surface area contributed by atoms with Crippen molar-refractivity contribution in [3.05, 3.63) is 30.1 Å². The van der Waals surface area contributed by atoms with Crippen molar-refractivity contribution in [1.29, 1.82) is 0 Å². The molecule has 0 aromatic carbocycles. The molecule has 1 aromatic rings. The molecule has 1 heterocycles. The van der Waals surface area contributed by atoms with Gasteiger partial charge in [0, 0.05) is 11.9 Å². The summed E-state index contributed by atoms with van der Waals surface area (Å²) in [5.41, 5.74) is 1.60. The van der Waals surface area contributed by atoms with E-state index in [2.05, 4.69) is 23.9 Å². The standard InChI is InChI=1S/C18H29N3O3S/c1-5-14(3)8-7-9-15(18(23)24-6-2)20-17(22)16-10-11-19-21(16)12-13-25-4/h10-11,15H,3,5-9,12-13H2,1-2,4H3,(H,20,22). The highest BCUT2D eigenvalue weighted by Crippen LogP contribution is 2.12. The summed E-state index contributed by atoms with van der Waals surface area (Å²) in [4.78, 5) is 24.7. The van der Waals surface area contributed by atoms with Crippen LogP contribution in [-0.4, -0.2) is 46.3 Å². The number of nitrogens with zero attached hydrogens (tertiary/aromatic N) is 2. The monoisotopic (exact) mass is 367 g/mol. The summed E-state index contributed by atoms with van der Waals surface area (Å²) in [5, 5.41) is 6.98. The van der Waals surface area contributed by atoms with Crippen molar-refractivity contribution in [2.24, 2.45) is 0 Å². The molecule has 0 aliphatic heterocycles. The number of carbonyl (C=O) groups is 2. The van der Waals surface area contributed by atoms with Crippen molar-refractivity contribution >= 4 is 23.6 Å². The number of thioether (sulfide) groups is 1. The van der Waals surface area contributed by atoms with E-state index in [-0.39, 0.29) is 5.91 Å². The Morgan fingerprint density at radius 3 is 2.84 bits per heavy atom. The molecule has 7 heteroatoms. The molecule has 0 radical (unpaired) electrons. The van der Waals surface area contributed by atoms with Crippen LogP contribution < -0.4 is 5.32 Å². The van der Waals surface area contributed by atoms with Gasteiger partial charge < -0.3 is 10.1 Å². The maximum absolute atomic E-state index is 12.6. The third-order valence-corrected chi connectivity index (χ3v) is 4.45. The number of carbonyl (C=O) groups excluding carboxylic acids is 2. The maximum atomic E-state index is 12.6. The van der Waals surface area contributed by atoms with E-state index in [1.165, 1.54) is 0 Å². The van der Waals surface area contributed by atoms with Gasteiger partial charge >= 0.3 is 5.97 Å². The molecule has 0 aliphatic carbocycles. The quantitative estimate of drug-likeness (QED) is 0.454. The summed E-state index contributed by atoms with van der Waals surface area (Å²) >= 11 is 1.69. The van der Waals surface area contributed by atoms with Gasteiger partial charge in [-0.3, -0.25) is 9.48 Å². The van der Waals surface area contributed by atoms with Crippen molar-refractivity contribution in [2.75, 3.05) is 18.6 Å². The highest BCUT2D eigenvalue weighted by molar-refractivity contribution is 7.98. The molecular formula is C18H29N3O3S. The molecule has 1 aromatic heterocycles. The predicted octanol–water partition coefficient (Wildman–Crippen LogP) is 3.04. The van der Waals surface area contributed by atoms with Crippen LogP contribution in [0.3, 0.4) is 0 Å². The Balaban J connectivity index is 2.72. The molecule has 0 spiro atoms. The first-order valence-electron chi connectivity index (χ1n) is 8.68. The fourth-order valence-corrected chi connectivity index (χ4v) is 2.69. The Labute approximate surface area is 154 Å².